The van der Waals surface area contributed by atoms with Crippen molar-refractivity contribution in [2.75, 3.05) is 39.5 Å². The molecule has 2 amide bonds. The van der Waals surface area contributed by atoms with Gasteiger partial charge in [0.05, 0.1) is 6.54 Å². The zero-order valence-corrected chi connectivity index (χ0v) is 11.7. The zero-order valence-electron chi connectivity index (χ0n) is 11.7. The molecule has 1 aromatic rings. The van der Waals surface area contributed by atoms with E-state index in [1.165, 1.54) is 4.90 Å². The van der Waals surface area contributed by atoms with E-state index in [1.807, 2.05) is 6.92 Å². The Kier molecular flexibility index (Phi) is 5.23. The molecule has 1 heterocycles. The van der Waals surface area contributed by atoms with E-state index in [2.05, 4.69) is 15.5 Å². The van der Waals surface area contributed by atoms with Crippen molar-refractivity contribution in [1.82, 2.24) is 20.0 Å². The number of hydrogen-bond acceptors (Lipinski definition) is 5. The summed E-state index contributed by atoms with van der Waals surface area (Å²) < 4.78 is 0. The minimum absolute atomic E-state index is 0.0299. The Labute approximate surface area is 112 Å². The maximum atomic E-state index is 11.6. The third kappa shape index (κ3) is 4.20. The van der Waals surface area contributed by atoms with Crippen molar-refractivity contribution in [3.63, 3.8) is 0 Å². The van der Waals surface area contributed by atoms with Crippen molar-refractivity contribution < 1.29 is 9.59 Å². The van der Waals surface area contributed by atoms with E-state index >= 15 is 0 Å². The van der Waals surface area contributed by atoms with Crippen molar-refractivity contribution in [1.29, 1.82) is 0 Å². The lowest BCUT2D eigenvalue weighted by atomic mass is 10.3. The molecule has 1 aromatic heterocycles. The number of carbonyl (C=O) groups is 2. The Morgan fingerprint density at radius 3 is 2.37 bits per heavy atom. The van der Waals surface area contributed by atoms with Crippen LogP contribution in [-0.2, 0) is 4.79 Å². The highest BCUT2D eigenvalue weighted by atomic mass is 16.2. The minimum atomic E-state index is -0.208. The molecule has 0 fully saturated rings. The highest BCUT2D eigenvalue weighted by molar-refractivity contribution is 5.91. The van der Waals surface area contributed by atoms with Gasteiger partial charge in [-0.05, 0) is 19.1 Å². The topological polar surface area (TPSA) is 78.4 Å². The molecular formula is C12H19N5O2. The predicted molar refractivity (Wildman–Crippen MR) is 71.9 cm³/mol. The maximum Gasteiger partial charge on any atom is 0.273 e. The van der Waals surface area contributed by atoms with Gasteiger partial charge in [0.25, 0.3) is 5.91 Å². The van der Waals surface area contributed by atoms with Crippen LogP contribution in [0.15, 0.2) is 12.1 Å². The highest BCUT2D eigenvalue weighted by Gasteiger charge is 2.11. The summed E-state index contributed by atoms with van der Waals surface area (Å²) in [6.07, 6.45) is 0. The van der Waals surface area contributed by atoms with E-state index in [4.69, 9.17) is 0 Å². The number of hydrogen-bond donors (Lipinski definition) is 1. The molecule has 0 unspecified atom stereocenters. The second-order valence-electron chi connectivity index (χ2n) is 4.26. The first-order valence-electron chi connectivity index (χ1n) is 5.99. The summed E-state index contributed by atoms with van der Waals surface area (Å²) in [5, 5.41) is 10.5. The van der Waals surface area contributed by atoms with Gasteiger partial charge in [-0.3, -0.25) is 9.59 Å². The summed E-state index contributed by atoms with van der Waals surface area (Å²) in [4.78, 5) is 26.2. The van der Waals surface area contributed by atoms with Gasteiger partial charge >= 0.3 is 0 Å². The molecule has 0 saturated carbocycles. The van der Waals surface area contributed by atoms with Crippen molar-refractivity contribution in [3.8, 4) is 0 Å². The largest absolute Gasteiger partial charge is 0.360 e. The lowest BCUT2D eigenvalue weighted by Crippen LogP contribution is -2.32. The van der Waals surface area contributed by atoms with E-state index in [0.29, 0.717) is 12.4 Å². The summed E-state index contributed by atoms with van der Waals surface area (Å²) in [6, 6.07) is 3.20. The molecule has 0 aliphatic heterocycles. The minimum Gasteiger partial charge on any atom is -0.360 e. The molecule has 0 aliphatic carbocycles. The Balaban J connectivity index is 2.58. The highest BCUT2D eigenvalue weighted by Crippen LogP contribution is 2.03. The number of nitrogens with one attached hydrogen (secondary N) is 1. The number of carbonyl (C=O) groups excluding carboxylic acids is 2. The Bertz CT molecular complexity index is 444. The van der Waals surface area contributed by atoms with Crippen LogP contribution in [0.4, 0.5) is 5.82 Å². The molecule has 0 radical (unpaired) electrons. The molecule has 104 valence electrons. The van der Waals surface area contributed by atoms with Crippen LogP contribution in [0.5, 0.6) is 0 Å². The van der Waals surface area contributed by atoms with Gasteiger partial charge in [-0.25, -0.2) is 0 Å². The molecule has 0 aliphatic rings. The van der Waals surface area contributed by atoms with Gasteiger partial charge in [0.1, 0.15) is 5.82 Å². The summed E-state index contributed by atoms with van der Waals surface area (Å²) in [7, 11) is 5.03. The van der Waals surface area contributed by atoms with Gasteiger partial charge in [0, 0.05) is 27.7 Å². The Morgan fingerprint density at radius 2 is 1.89 bits per heavy atom. The normalized spacial score (nSPS) is 9.89. The summed E-state index contributed by atoms with van der Waals surface area (Å²) in [5.41, 5.74) is 0.271. The maximum absolute atomic E-state index is 11.6. The Morgan fingerprint density at radius 1 is 1.21 bits per heavy atom. The molecular weight excluding hydrogens is 246 g/mol. The third-order valence-electron chi connectivity index (χ3n) is 2.61. The number of nitrogens with zero attached hydrogens (tertiary/aromatic N) is 4. The fourth-order valence-corrected chi connectivity index (χ4v) is 1.25. The molecule has 7 nitrogen and oxygen atoms in total. The average molecular weight is 265 g/mol. The van der Waals surface area contributed by atoms with Crippen molar-refractivity contribution >= 4 is 17.6 Å². The Hall–Kier alpha value is -2.18. The lowest BCUT2D eigenvalue weighted by molar-refractivity contribution is -0.127. The first-order chi connectivity index (χ1) is 8.95. The fourth-order valence-electron chi connectivity index (χ4n) is 1.25. The number of rotatable bonds is 5. The molecule has 7 heteroatoms. The molecule has 0 bridgehead atoms. The van der Waals surface area contributed by atoms with Crippen LogP contribution in [0.2, 0.25) is 0 Å². The number of amides is 2. The van der Waals surface area contributed by atoms with Crippen LogP contribution in [0.25, 0.3) is 0 Å². The fraction of sp³-hybridized carbons (Fsp3) is 0.500. The molecule has 1 rings (SSSR count). The predicted octanol–water partition coefficient (Wildman–Crippen LogP) is 0.0686. The SMILES string of the molecule is CCN(C)C(=O)CNc1ccc(C(=O)N(C)C)nn1. The number of likely N-dealkylation sites (N-methyl/N-ethyl adjacent to an activating group) is 1. The van der Waals surface area contributed by atoms with Gasteiger partial charge in [-0.1, -0.05) is 0 Å². The monoisotopic (exact) mass is 265 g/mol. The van der Waals surface area contributed by atoms with Crippen LogP contribution in [0, 0.1) is 0 Å². The summed E-state index contributed by atoms with van der Waals surface area (Å²) in [6.45, 7) is 2.71. The van der Waals surface area contributed by atoms with E-state index in [9.17, 15) is 9.59 Å². The van der Waals surface area contributed by atoms with Gasteiger partial charge < -0.3 is 15.1 Å². The smallest absolute Gasteiger partial charge is 0.273 e. The summed E-state index contributed by atoms with van der Waals surface area (Å²) in [5.74, 6) is 0.228. The quantitative estimate of drug-likeness (QED) is 0.815. The zero-order chi connectivity index (χ0) is 14.4. The summed E-state index contributed by atoms with van der Waals surface area (Å²) >= 11 is 0. The van der Waals surface area contributed by atoms with Crippen molar-refractivity contribution in [2.24, 2.45) is 0 Å². The molecule has 0 atom stereocenters. The number of aromatic nitrogens is 2. The second-order valence-corrected chi connectivity index (χ2v) is 4.26. The molecule has 0 aromatic carbocycles. The van der Waals surface area contributed by atoms with Crippen LogP contribution >= 0.6 is 0 Å². The van der Waals surface area contributed by atoms with Crippen molar-refractivity contribution in [2.45, 2.75) is 6.92 Å². The second kappa shape index (κ2) is 6.67. The van der Waals surface area contributed by atoms with Gasteiger partial charge in [0.2, 0.25) is 5.91 Å². The first-order valence-corrected chi connectivity index (χ1v) is 5.99. The average Bonchev–Trinajstić information content (AvgIpc) is 2.43. The first kappa shape index (κ1) is 14.9. The molecule has 19 heavy (non-hydrogen) atoms. The van der Waals surface area contributed by atoms with Gasteiger partial charge in [0.15, 0.2) is 5.69 Å². The van der Waals surface area contributed by atoms with E-state index in [0.717, 1.165) is 0 Å². The van der Waals surface area contributed by atoms with E-state index in [-0.39, 0.29) is 24.1 Å². The van der Waals surface area contributed by atoms with Crippen LogP contribution in [-0.4, -0.2) is 66.0 Å². The van der Waals surface area contributed by atoms with Gasteiger partial charge in [-0.15, -0.1) is 10.2 Å². The van der Waals surface area contributed by atoms with Crippen LogP contribution in [0.1, 0.15) is 17.4 Å². The third-order valence-corrected chi connectivity index (χ3v) is 2.61. The van der Waals surface area contributed by atoms with Crippen LogP contribution < -0.4 is 5.32 Å². The van der Waals surface area contributed by atoms with E-state index in [1.54, 1.807) is 38.2 Å². The molecule has 0 saturated heterocycles. The number of anilines is 1. The van der Waals surface area contributed by atoms with Crippen molar-refractivity contribution in [3.05, 3.63) is 17.8 Å². The van der Waals surface area contributed by atoms with E-state index < -0.39 is 0 Å². The standard InChI is InChI=1S/C12H19N5O2/c1-5-17(4)11(18)8-13-10-7-6-9(14-15-10)12(19)16(2)3/h6-7H,5,8H2,1-4H3,(H,13,15). The molecule has 0 spiro atoms. The molecule has 1 N–H and O–H groups in total. The van der Waals surface area contributed by atoms with Gasteiger partial charge in [-0.2, -0.15) is 0 Å². The van der Waals surface area contributed by atoms with Crippen LogP contribution in [0.3, 0.4) is 0 Å². The lowest BCUT2D eigenvalue weighted by Gasteiger charge is -2.14.